The molecule has 5 N–H and O–H groups in total. The average molecular weight is 302 g/mol. The molecular formula is C15H30N2O4. The summed E-state index contributed by atoms with van der Waals surface area (Å²) in [6.07, 6.45) is 5.77. The highest BCUT2D eigenvalue weighted by Crippen LogP contribution is 2.38. The largest absolute Gasteiger partial charge is 0.481 e. The number of nitrogens with two attached hydrogens (primary N) is 1. The third-order valence-corrected chi connectivity index (χ3v) is 4.12. The van der Waals surface area contributed by atoms with E-state index in [9.17, 15) is 9.59 Å². The van der Waals surface area contributed by atoms with E-state index < -0.39 is 18.0 Å². The van der Waals surface area contributed by atoms with Crippen molar-refractivity contribution < 1.29 is 19.8 Å². The third kappa shape index (κ3) is 7.43. The molecule has 0 radical (unpaired) electrons. The fourth-order valence-corrected chi connectivity index (χ4v) is 2.82. The van der Waals surface area contributed by atoms with Gasteiger partial charge in [-0.3, -0.25) is 9.59 Å². The number of nitrogens with one attached hydrogen (secondary N) is 1. The first-order chi connectivity index (χ1) is 9.78. The van der Waals surface area contributed by atoms with Crippen molar-refractivity contribution in [1.29, 1.82) is 0 Å². The van der Waals surface area contributed by atoms with Crippen LogP contribution in [0.1, 0.15) is 52.4 Å². The number of carbonyl (C=O) groups is 2. The van der Waals surface area contributed by atoms with Crippen LogP contribution in [0.25, 0.3) is 0 Å². The summed E-state index contributed by atoms with van der Waals surface area (Å²) in [5.41, 5.74) is 5.54. The Morgan fingerprint density at radius 1 is 1.19 bits per heavy atom. The Morgan fingerprint density at radius 3 is 1.95 bits per heavy atom. The minimum absolute atomic E-state index is 0.0793. The van der Waals surface area contributed by atoms with E-state index in [1.54, 1.807) is 7.05 Å². The molecule has 1 atom stereocenters. The zero-order valence-corrected chi connectivity index (χ0v) is 13.4. The van der Waals surface area contributed by atoms with E-state index in [-0.39, 0.29) is 17.8 Å². The van der Waals surface area contributed by atoms with Gasteiger partial charge in [0.1, 0.15) is 6.04 Å². The second kappa shape index (κ2) is 9.73. The summed E-state index contributed by atoms with van der Waals surface area (Å²) in [5.74, 6) is -1.35. The van der Waals surface area contributed by atoms with Gasteiger partial charge in [-0.25, -0.2) is 0 Å². The summed E-state index contributed by atoms with van der Waals surface area (Å²) in [6, 6.07) is -0.412. The number of rotatable bonds is 6. The van der Waals surface area contributed by atoms with Crippen LogP contribution in [0.5, 0.6) is 0 Å². The van der Waals surface area contributed by atoms with Crippen molar-refractivity contribution in [2.75, 3.05) is 13.6 Å². The summed E-state index contributed by atoms with van der Waals surface area (Å²) in [6.45, 7) is 4.27. The van der Waals surface area contributed by atoms with Gasteiger partial charge in [0, 0.05) is 0 Å². The van der Waals surface area contributed by atoms with E-state index in [1.807, 2.05) is 13.8 Å². The molecule has 1 fully saturated rings. The van der Waals surface area contributed by atoms with Crippen molar-refractivity contribution in [3.63, 3.8) is 0 Å². The van der Waals surface area contributed by atoms with Crippen LogP contribution < -0.4 is 11.1 Å². The van der Waals surface area contributed by atoms with Crippen LogP contribution in [-0.2, 0) is 9.59 Å². The number of hydrogen-bond donors (Lipinski definition) is 4. The first kappa shape index (κ1) is 19.9. The predicted octanol–water partition coefficient (Wildman–Crippen LogP) is 1.69. The zero-order valence-electron chi connectivity index (χ0n) is 13.4. The predicted molar refractivity (Wildman–Crippen MR) is 82.1 cm³/mol. The highest BCUT2D eigenvalue weighted by molar-refractivity contribution is 5.73. The van der Waals surface area contributed by atoms with Crippen LogP contribution in [0.3, 0.4) is 0 Å². The number of aliphatic carboxylic acids is 2. The summed E-state index contributed by atoms with van der Waals surface area (Å²) in [5, 5.41) is 19.9. The van der Waals surface area contributed by atoms with Crippen LogP contribution in [0.4, 0.5) is 0 Å². The minimum Gasteiger partial charge on any atom is -0.481 e. The molecule has 0 aliphatic heterocycles. The highest BCUT2D eigenvalue weighted by Gasteiger charge is 2.32. The summed E-state index contributed by atoms with van der Waals surface area (Å²) in [4.78, 5) is 20.9. The smallest absolute Gasteiger partial charge is 0.320 e. The van der Waals surface area contributed by atoms with Crippen molar-refractivity contribution in [3.8, 4) is 0 Å². The van der Waals surface area contributed by atoms with Crippen LogP contribution in [0, 0.1) is 11.3 Å². The molecule has 1 aliphatic rings. The van der Waals surface area contributed by atoms with Crippen molar-refractivity contribution in [3.05, 3.63) is 0 Å². The first-order valence-electron chi connectivity index (χ1n) is 7.60. The lowest BCUT2D eigenvalue weighted by Crippen LogP contribution is -2.38. The van der Waals surface area contributed by atoms with E-state index in [0.717, 1.165) is 25.7 Å². The second-order valence-electron chi connectivity index (χ2n) is 6.18. The molecule has 1 saturated carbocycles. The topological polar surface area (TPSA) is 113 Å². The van der Waals surface area contributed by atoms with Gasteiger partial charge in [-0.05, 0) is 37.8 Å². The van der Waals surface area contributed by atoms with Gasteiger partial charge in [-0.15, -0.1) is 0 Å². The normalized spacial score (nSPS) is 18.5. The van der Waals surface area contributed by atoms with E-state index in [0.29, 0.717) is 6.54 Å². The lowest BCUT2D eigenvalue weighted by Gasteiger charge is -2.34. The van der Waals surface area contributed by atoms with Crippen molar-refractivity contribution in [2.24, 2.45) is 17.1 Å². The molecule has 21 heavy (non-hydrogen) atoms. The molecule has 0 aromatic rings. The number of likely N-dealkylation sites (N-methyl/N-ethyl adjacent to an activating group) is 1. The molecule has 0 amide bonds. The maximum atomic E-state index is 10.6. The average Bonchev–Trinajstić information content (AvgIpc) is 2.39. The van der Waals surface area contributed by atoms with Gasteiger partial charge < -0.3 is 21.3 Å². The molecule has 6 heteroatoms. The van der Waals surface area contributed by atoms with E-state index >= 15 is 0 Å². The van der Waals surface area contributed by atoms with Crippen LogP contribution in [0.15, 0.2) is 0 Å². The van der Waals surface area contributed by atoms with Crippen molar-refractivity contribution in [2.45, 2.75) is 58.4 Å². The second-order valence-corrected chi connectivity index (χ2v) is 6.18. The third-order valence-electron chi connectivity index (χ3n) is 4.12. The Hall–Kier alpha value is -1.14. The Morgan fingerprint density at radius 2 is 1.71 bits per heavy atom. The molecule has 0 spiro atoms. The van der Waals surface area contributed by atoms with Gasteiger partial charge in [0.05, 0.1) is 6.42 Å². The van der Waals surface area contributed by atoms with Crippen molar-refractivity contribution in [1.82, 2.24) is 5.32 Å². The van der Waals surface area contributed by atoms with Gasteiger partial charge >= 0.3 is 11.9 Å². The van der Waals surface area contributed by atoms with Crippen LogP contribution in [0.2, 0.25) is 0 Å². The zero-order chi connectivity index (χ0) is 16.5. The maximum absolute atomic E-state index is 10.6. The molecule has 0 heterocycles. The minimum atomic E-state index is -0.785. The Bertz CT molecular complexity index is 326. The molecule has 1 rings (SSSR count). The maximum Gasteiger partial charge on any atom is 0.320 e. The molecule has 0 unspecified atom stereocenters. The fourth-order valence-electron chi connectivity index (χ4n) is 2.82. The summed E-state index contributed by atoms with van der Waals surface area (Å²) >= 11 is 0. The van der Waals surface area contributed by atoms with Gasteiger partial charge in [-0.2, -0.15) is 0 Å². The standard InChI is InChI=1S/C9H17NO2.C6H13NO2/c10-7-9(6-8(11)12)4-2-1-3-5-9;1-4(2)5(7-3)6(8)9/h1-7,10H2,(H,11,12);4-5,7H,1-3H3,(H,8,9)/t;5-/m.0/s1. The van der Waals surface area contributed by atoms with Crippen LogP contribution in [-0.4, -0.2) is 41.8 Å². The van der Waals surface area contributed by atoms with E-state index in [4.69, 9.17) is 15.9 Å². The Balaban J connectivity index is 0.000000400. The molecule has 0 saturated heterocycles. The lowest BCUT2D eigenvalue weighted by molar-refractivity contribution is -0.141. The SMILES string of the molecule is CN[C@H](C(=O)O)C(C)C.NCC1(CC(=O)O)CCCCC1. The van der Waals surface area contributed by atoms with Gasteiger partial charge in [-0.1, -0.05) is 33.1 Å². The summed E-state index contributed by atoms with van der Waals surface area (Å²) < 4.78 is 0. The Labute approximate surface area is 127 Å². The first-order valence-corrected chi connectivity index (χ1v) is 7.60. The molecule has 0 aromatic carbocycles. The summed E-state index contributed by atoms with van der Waals surface area (Å²) in [7, 11) is 1.65. The fraction of sp³-hybridized carbons (Fsp3) is 0.867. The van der Waals surface area contributed by atoms with Crippen LogP contribution >= 0.6 is 0 Å². The van der Waals surface area contributed by atoms with Gasteiger partial charge in [0.2, 0.25) is 0 Å². The van der Waals surface area contributed by atoms with E-state index in [1.165, 1.54) is 6.42 Å². The number of carboxylic acids is 2. The van der Waals surface area contributed by atoms with Gasteiger partial charge in [0.15, 0.2) is 0 Å². The molecular weight excluding hydrogens is 272 g/mol. The monoisotopic (exact) mass is 302 g/mol. The van der Waals surface area contributed by atoms with Crippen molar-refractivity contribution >= 4 is 11.9 Å². The molecule has 0 bridgehead atoms. The molecule has 124 valence electrons. The number of hydrogen-bond acceptors (Lipinski definition) is 4. The van der Waals surface area contributed by atoms with Gasteiger partial charge in [0.25, 0.3) is 0 Å². The lowest BCUT2D eigenvalue weighted by atomic mass is 9.72. The molecule has 6 nitrogen and oxygen atoms in total. The molecule has 0 aromatic heterocycles. The number of carboxylic acid groups (broad SMARTS) is 2. The van der Waals surface area contributed by atoms with E-state index in [2.05, 4.69) is 5.32 Å². The molecule has 1 aliphatic carbocycles. The Kier molecular flexibility index (Phi) is 9.21. The highest BCUT2D eigenvalue weighted by atomic mass is 16.4. The quantitative estimate of drug-likeness (QED) is 0.594.